The quantitative estimate of drug-likeness (QED) is 0.471. The Labute approximate surface area is 206 Å². The van der Waals surface area contributed by atoms with E-state index in [1.165, 1.54) is 13.2 Å². The summed E-state index contributed by atoms with van der Waals surface area (Å²) in [7, 11) is 1.29. The third-order valence-corrected chi connectivity index (χ3v) is 6.92. The van der Waals surface area contributed by atoms with Crippen molar-refractivity contribution < 1.29 is 23.8 Å². The highest BCUT2D eigenvalue weighted by molar-refractivity contribution is 5.78. The summed E-state index contributed by atoms with van der Waals surface area (Å²) in [5.41, 5.74) is 6.81. The number of carbonyl (C=O) groups excluding carboxylic acids is 2. The van der Waals surface area contributed by atoms with Crippen molar-refractivity contribution in [1.82, 2.24) is 10.2 Å². The molecule has 3 rings (SSSR count). The molecule has 1 saturated heterocycles. The van der Waals surface area contributed by atoms with Gasteiger partial charge in [-0.2, -0.15) is 0 Å². The van der Waals surface area contributed by atoms with Crippen molar-refractivity contribution in [3.63, 3.8) is 0 Å². The average Bonchev–Trinajstić information content (AvgIpc) is 2.90. The number of methoxy groups -OCH3 is 1. The number of piperidine rings is 1. The number of hydrogen-bond donors (Lipinski definition) is 3. The van der Waals surface area contributed by atoms with Crippen molar-refractivity contribution in [3.8, 4) is 11.1 Å². The van der Waals surface area contributed by atoms with Gasteiger partial charge in [-0.3, -0.25) is 4.79 Å². The summed E-state index contributed by atoms with van der Waals surface area (Å²) < 4.78 is 20.0. The molecule has 4 N–H and O–H groups in total. The summed E-state index contributed by atoms with van der Waals surface area (Å²) in [6, 6.07) is 12.5. The molecule has 190 valence electrons. The van der Waals surface area contributed by atoms with Gasteiger partial charge in [0.25, 0.3) is 0 Å². The molecule has 1 fully saturated rings. The standard InChI is InChI=1S/C27H36FN3O4/c1-3-19-8-4-9-20(16-19)25-22(11-5-12-23(25)28)27(34,13-7-14-30-26(33)35-2)21-10-6-15-31(18-21)24(32)17-29/h4-5,8-9,11-12,16,21,34H,3,6-7,10,13-15,17-18,29H2,1-2H3,(H,30,33)/t21-,27?/m1/s1. The number of hydrogen-bond acceptors (Lipinski definition) is 5. The summed E-state index contributed by atoms with van der Waals surface area (Å²) in [6.07, 6.45) is 2.37. The van der Waals surface area contributed by atoms with E-state index in [9.17, 15) is 14.7 Å². The Bertz CT molecular complexity index is 1030. The monoisotopic (exact) mass is 485 g/mol. The molecule has 0 spiro atoms. The van der Waals surface area contributed by atoms with Gasteiger partial charge in [-0.1, -0.05) is 43.3 Å². The highest BCUT2D eigenvalue weighted by atomic mass is 19.1. The second-order valence-corrected chi connectivity index (χ2v) is 9.05. The predicted octanol–water partition coefficient (Wildman–Crippen LogP) is 3.58. The van der Waals surface area contributed by atoms with Crippen LogP contribution in [0.2, 0.25) is 0 Å². The van der Waals surface area contributed by atoms with Crippen LogP contribution >= 0.6 is 0 Å². The number of carbonyl (C=O) groups is 2. The molecule has 8 heteroatoms. The molecule has 2 atom stereocenters. The second kappa shape index (κ2) is 12.1. The fraction of sp³-hybridized carbons (Fsp3) is 0.481. The fourth-order valence-electron chi connectivity index (χ4n) is 5.03. The molecule has 1 heterocycles. The number of aryl methyl sites for hydroxylation is 1. The van der Waals surface area contributed by atoms with Crippen LogP contribution in [-0.4, -0.2) is 55.3 Å². The summed E-state index contributed by atoms with van der Waals surface area (Å²) in [5.74, 6) is -0.896. The Balaban J connectivity index is 2.04. The molecular weight excluding hydrogens is 449 g/mol. The van der Waals surface area contributed by atoms with Gasteiger partial charge < -0.3 is 25.8 Å². The molecule has 2 amide bonds. The van der Waals surface area contributed by atoms with E-state index < -0.39 is 17.5 Å². The largest absolute Gasteiger partial charge is 0.453 e. The van der Waals surface area contributed by atoms with Crippen molar-refractivity contribution in [2.75, 3.05) is 33.3 Å². The van der Waals surface area contributed by atoms with Crippen LogP contribution in [0.5, 0.6) is 0 Å². The lowest BCUT2D eigenvalue weighted by Crippen LogP contribution is -2.50. The minimum atomic E-state index is -1.43. The van der Waals surface area contributed by atoms with Gasteiger partial charge >= 0.3 is 6.09 Å². The van der Waals surface area contributed by atoms with Gasteiger partial charge in [-0.15, -0.1) is 0 Å². The molecule has 7 nitrogen and oxygen atoms in total. The zero-order valence-electron chi connectivity index (χ0n) is 20.6. The molecule has 2 aromatic rings. The summed E-state index contributed by atoms with van der Waals surface area (Å²) >= 11 is 0. The molecule has 1 aliphatic heterocycles. The van der Waals surface area contributed by atoms with Gasteiger partial charge in [-0.05, 0) is 54.9 Å². The van der Waals surface area contributed by atoms with E-state index in [2.05, 4.69) is 10.1 Å². The molecule has 2 aromatic carbocycles. The number of nitrogens with two attached hydrogens (primary N) is 1. The first-order chi connectivity index (χ1) is 16.8. The number of likely N-dealkylation sites (tertiary alicyclic amines) is 1. The van der Waals surface area contributed by atoms with Crippen LogP contribution in [-0.2, 0) is 21.6 Å². The molecule has 0 aliphatic carbocycles. The van der Waals surface area contributed by atoms with E-state index in [1.807, 2.05) is 31.2 Å². The maximum atomic E-state index is 15.4. The summed E-state index contributed by atoms with van der Waals surface area (Å²) in [6.45, 7) is 3.16. The van der Waals surface area contributed by atoms with Crippen LogP contribution < -0.4 is 11.1 Å². The van der Waals surface area contributed by atoms with Crippen LogP contribution in [0.25, 0.3) is 11.1 Å². The smallest absolute Gasteiger partial charge is 0.406 e. The van der Waals surface area contributed by atoms with E-state index in [1.54, 1.807) is 17.0 Å². The first-order valence-electron chi connectivity index (χ1n) is 12.2. The number of rotatable bonds is 9. The highest BCUT2D eigenvalue weighted by Gasteiger charge is 2.43. The number of nitrogens with zero attached hydrogens (tertiary/aromatic N) is 1. The molecule has 0 aromatic heterocycles. The number of amides is 2. The van der Waals surface area contributed by atoms with E-state index >= 15 is 4.39 Å². The van der Waals surface area contributed by atoms with E-state index in [4.69, 9.17) is 5.73 Å². The second-order valence-electron chi connectivity index (χ2n) is 9.05. The molecular formula is C27H36FN3O4. The number of halogens is 1. The van der Waals surface area contributed by atoms with Gasteiger partial charge in [0, 0.05) is 31.1 Å². The van der Waals surface area contributed by atoms with Gasteiger partial charge in [0.2, 0.25) is 5.91 Å². The number of ether oxygens (including phenoxy) is 1. The Hall–Kier alpha value is -2.97. The van der Waals surface area contributed by atoms with Crippen molar-refractivity contribution in [2.45, 2.75) is 44.6 Å². The van der Waals surface area contributed by atoms with Crippen molar-refractivity contribution in [1.29, 1.82) is 0 Å². The summed E-state index contributed by atoms with van der Waals surface area (Å²) in [4.78, 5) is 25.5. The SMILES string of the molecule is CCc1cccc(-c2c(F)cccc2C(O)(CCCNC(=O)OC)[C@@H]2CCCN(C(=O)CN)C2)c1. The molecule has 0 bridgehead atoms. The minimum absolute atomic E-state index is 0.0940. The molecule has 0 saturated carbocycles. The van der Waals surface area contributed by atoms with Gasteiger partial charge in [-0.25, -0.2) is 9.18 Å². The van der Waals surface area contributed by atoms with E-state index in [0.29, 0.717) is 49.2 Å². The minimum Gasteiger partial charge on any atom is -0.453 e. The number of nitrogens with one attached hydrogen (secondary N) is 1. The van der Waals surface area contributed by atoms with Crippen molar-refractivity contribution >= 4 is 12.0 Å². The Morgan fingerprint density at radius 2 is 2.06 bits per heavy atom. The Morgan fingerprint density at radius 1 is 1.29 bits per heavy atom. The van der Waals surface area contributed by atoms with Crippen LogP contribution in [0, 0.1) is 11.7 Å². The van der Waals surface area contributed by atoms with Crippen LogP contribution in [0.4, 0.5) is 9.18 Å². The lowest BCUT2D eigenvalue weighted by Gasteiger charge is -2.43. The Morgan fingerprint density at radius 3 is 2.77 bits per heavy atom. The number of benzene rings is 2. The van der Waals surface area contributed by atoms with Crippen LogP contribution in [0.1, 0.15) is 43.7 Å². The lowest BCUT2D eigenvalue weighted by molar-refractivity contribution is -0.135. The van der Waals surface area contributed by atoms with E-state index in [-0.39, 0.29) is 24.8 Å². The average molecular weight is 486 g/mol. The number of aliphatic hydroxyl groups is 1. The molecule has 1 aliphatic rings. The molecule has 1 unspecified atom stereocenters. The number of alkyl carbamates (subject to hydrolysis) is 1. The normalized spacial score (nSPS) is 17.5. The topological polar surface area (TPSA) is 105 Å². The third kappa shape index (κ3) is 6.18. The van der Waals surface area contributed by atoms with Crippen LogP contribution in [0.15, 0.2) is 42.5 Å². The maximum absolute atomic E-state index is 15.4. The third-order valence-electron chi connectivity index (χ3n) is 6.92. The predicted molar refractivity (Wildman–Crippen MR) is 133 cm³/mol. The van der Waals surface area contributed by atoms with Gasteiger partial charge in [0.15, 0.2) is 0 Å². The fourth-order valence-corrected chi connectivity index (χ4v) is 5.03. The van der Waals surface area contributed by atoms with Gasteiger partial charge in [0.05, 0.1) is 19.3 Å². The van der Waals surface area contributed by atoms with Gasteiger partial charge in [0.1, 0.15) is 5.82 Å². The summed E-state index contributed by atoms with van der Waals surface area (Å²) in [5, 5.41) is 15.0. The first kappa shape index (κ1) is 26.6. The molecule has 35 heavy (non-hydrogen) atoms. The highest BCUT2D eigenvalue weighted by Crippen LogP contribution is 2.44. The Kier molecular flexibility index (Phi) is 9.23. The van der Waals surface area contributed by atoms with Crippen molar-refractivity contribution in [3.05, 3.63) is 59.4 Å². The lowest BCUT2D eigenvalue weighted by atomic mass is 9.72. The first-order valence-corrected chi connectivity index (χ1v) is 12.2. The van der Waals surface area contributed by atoms with Crippen LogP contribution in [0.3, 0.4) is 0 Å². The zero-order chi connectivity index (χ0) is 25.4. The maximum Gasteiger partial charge on any atom is 0.406 e. The van der Waals surface area contributed by atoms with Crippen molar-refractivity contribution in [2.24, 2.45) is 11.7 Å². The van der Waals surface area contributed by atoms with E-state index in [0.717, 1.165) is 18.4 Å². The zero-order valence-corrected chi connectivity index (χ0v) is 20.6. The molecule has 0 radical (unpaired) electrons.